The van der Waals surface area contributed by atoms with Crippen LogP contribution >= 0.6 is 11.6 Å². The Hall–Kier alpha value is -0.950. The van der Waals surface area contributed by atoms with Crippen molar-refractivity contribution in [3.05, 3.63) is 34.5 Å². The van der Waals surface area contributed by atoms with Gasteiger partial charge in [-0.25, -0.2) is 0 Å². The van der Waals surface area contributed by atoms with Crippen LogP contribution in [0.2, 0.25) is 5.02 Å². The minimum Gasteiger partial charge on any atom is -0.358 e. The minimum atomic E-state index is 0.833. The number of unbranched alkanes of at least 4 members (excludes halogenated alkanes) is 13. The normalized spacial score (nSPS) is 16.3. The minimum absolute atomic E-state index is 0.833. The molecule has 0 amide bonds. The molecule has 1 aromatic carbocycles. The van der Waals surface area contributed by atoms with Gasteiger partial charge in [0.1, 0.15) is 0 Å². The number of nitrogens with one attached hydrogen (secondary N) is 1. The number of halogens is 1. The maximum absolute atomic E-state index is 6.16. The molecule has 1 N–H and O–H groups in total. The molecule has 1 unspecified atom stereocenters. The molecule has 0 spiro atoms. The molecule has 0 saturated carbocycles. The number of aryl methyl sites for hydroxylation is 1. The first kappa shape index (κ1) is 23.7. The van der Waals surface area contributed by atoms with Crippen molar-refractivity contribution in [3.63, 3.8) is 0 Å². The molecule has 0 saturated heterocycles. The number of aromatic amines is 1. The van der Waals surface area contributed by atoms with Crippen molar-refractivity contribution in [1.82, 2.24) is 4.98 Å². The average Bonchev–Trinajstić information content (AvgIpc) is 3.10. The van der Waals surface area contributed by atoms with Crippen LogP contribution in [0, 0.1) is 5.92 Å². The van der Waals surface area contributed by atoms with Gasteiger partial charge in [0.2, 0.25) is 0 Å². The third kappa shape index (κ3) is 7.63. The summed E-state index contributed by atoms with van der Waals surface area (Å²) in [6.07, 6.45) is 25.5. The molecule has 0 aliphatic heterocycles. The highest BCUT2D eigenvalue weighted by Crippen LogP contribution is 2.34. The van der Waals surface area contributed by atoms with Crippen LogP contribution in [-0.4, -0.2) is 4.98 Å². The van der Waals surface area contributed by atoms with Gasteiger partial charge in [-0.05, 0) is 42.9 Å². The molecule has 30 heavy (non-hydrogen) atoms. The van der Waals surface area contributed by atoms with Crippen LogP contribution in [-0.2, 0) is 12.8 Å². The Morgan fingerprint density at radius 1 is 0.833 bits per heavy atom. The van der Waals surface area contributed by atoms with Crippen molar-refractivity contribution in [2.24, 2.45) is 5.92 Å². The molecule has 1 aliphatic carbocycles. The van der Waals surface area contributed by atoms with E-state index in [9.17, 15) is 0 Å². The summed E-state index contributed by atoms with van der Waals surface area (Å²) >= 11 is 6.16. The first-order chi connectivity index (χ1) is 14.8. The second kappa shape index (κ2) is 13.5. The summed E-state index contributed by atoms with van der Waals surface area (Å²) in [5.41, 5.74) is 4.26. The zero-order chi connectivity index (χ0) is 21.0. The molecular weight excluding hydrogens is 386 g/mol. The molecule has 3 rings (SSSR count). The number of H-pyrrole nitrogens is 1. The standard InChI is InChI=1S/C28H44ClN/c1-2-3-4-5-6-7-8-9-10-11-12-13-14-15-16-23-17-20-27-26(21-23)25-19-18-24(29)22-28(25)30-27/h18-19,22-23,30H,2-17,20-21H2,1H3. The largest absolute Gasteiger partial charge is 0.358 e. The number of fused-ring (bicyclic) bond motifs is 3. The van der Waals surface area contributed by atoms with Gasteiger partial charge in [-0.2, -0.15) is 0 Å². The number of aromatic nitrogens is 1. The molecule has 1 heterocycles. The summed E-state index contributed by atoms with van der Waals surface area (Å²) in [4.78, 5) is 3.61. The van der Waals surface area contributed by atoms with E-state index in [2.05, 4.69) is 24.0 Å². The number of rotatable bonds is 15. The first-order valence-electron chi connectivity index (χ1n) is 13.1. The summed E-state index contributed by atoms with van der Waals surface area (Å²) in [5, 5.41) is 2.24. The SMILES string of the molecule is CCCCCCCCCCCCCCCCC1CCc2[nH]c3cc(Cl)ccc3c2C1. The van der Waals surface area contributed by atoms with Crippen LogP contribution in [0.1, 0.15) is 121 Å². The predicted molar refractivity (Wildman–Crippen MR) is 134 cm³/mol. The fourth-order valence-electron chi connectivity index (χ4n) is 5.34. The topological polar surface area (TPSA) is 15.8 Å². The van der Waals surface area contributed by atoms with Crippen LogP contribution < -0.4 is 0 Å². The zero-order valence-corrected chi connectivity index (χ0v) is 20.2. The molecule has 0 bridgehead atoms. The lowest BCUT2D eigenvalue weighted by atomic mass is 9.83. The molecule has 1 nitrogen and oxygen atoms in total. The Balaban J connectivity index is 1.19. The molecule has 1 aliphatic rings. The van der Waals surface area contributed by atoms with Gasteiger partial charge in [0.25, 0.3) is 0 Å². The molecule has 0 fully saturated rings. The lowest BCUT2D eigenvalue weighted by Crippen LogP contribution is -2.13. The number of benzene rings is 1. The van der Waals surface area contributed by atoms with Crippen molar-refractivity contribution >= 4 is 22.5 Å². The highest BCUT2D eigenvalue weighted by atomic mass is 35.5. The molecule has 1 aromatic heterocycles. The van der Waals surface area contributed by atoms with E-state index in [-0.39, 0.29) is 0 Å². The van der Waals surface area contributed by atoms with Gasteiger partial charge in [0.15, 0.2) is 0 Å². The highest BCUT2D eigenvalue weighted by Gasteiger charge is 2.22. The third-order valence-corrected chi connectivity index (χ3v) is 7.45. The fraction of sp³-hybridized carbons (Fsp3) is 0.714. The maximum atomic E-state index is 6.16. The smallest absolute Gasteiger partial charge is 0.0473 e. The van der Waals surface area contributed by atoms with Crippen molar-refractivity contribution in [2.45, 2.75) is 122 Å². The zero-order valence-electron chi connectivity index (χ0n) is 19.4. The van der Waals surface area contributed by atoms with Crippen molar-refractivity contribution in [2.75, 3.05) is 0 Å². The van der Waals surface area contributed by atoms with E-state index in [0.717, 1.165) is 10.9 Å². The maximum Gasteiger partial charge on any atom is 0.0473 e. The van der Waals surface area contributed by atoms with E-state index in [1.54, 1.807) is 5.56 Å². The van der Waals surface area contributed by atoms with Crippen LogP contribution in [0.4, 0.5) is 0 Å². The van der Waals surface area contributed by atoms with Crippen LogP contribution in [0.5, 0.6) is 0 Å². The average molecular weight is 430 g/mol. The Kier molecular flexibility index (Phi) is 10.6. The molecule has 1 atom stereocenters. The highest BCUT2D eigenvalue weighted by molar-refractivity contribution is 6.31. The summed E-state index contributed by atoms with van der Waals surface area (Å²) in [7, 11) is 0. The van der Waals surface area contributed by atoms with Gasteiger partial charge in [0.05, 0.1) is 0 Å². The van der Waals surface area contributed by atoms with Gasteiger partial charge in [-0.15, -0.1) is 0 Å². The van der Waals surface area contributed by atoms with Gasteiger partial charge in [-0.1, -0.05) is 121 Å². The predicted octanol–water partition coefficient (Wildman–Crippen LogP) is 9.80. The van der Waals surface area contributed by atoms with Crippen LogP contribution in [0.15, 0.2) is 18.2 Å². The van der Waals surface area contributed by atoms with Crippen molar-refractivity contribution in [3.8, 4) is 0 Å². The first-order valence-corrected chi connectivity index (χ1v) is 13.4. The number of hydrogen-bond acceptors (Lipinski definition) is 0. The lowest BCUT2D eigenvalue weighted by molar-refractivity contribution is 0.403. The van der Waals surface area contributed by atoms with E-state index < -0.39 is 0 Å². The Bertz CT molecular complexity index is 732. The van der Waals surface area contributed by atoms with Gasteiger partial charge in [0, 0.05) is 21.6 Å². The molecule has 2 heteroatoms. The summed E-state index contributed by atoms with van der Waals surface area (Å²) < 4.78 is 0. The van der Waals surface area contributed by atoms with E-state index in [1.165, 1.54) is 132 Å². The third-order valence-electron chi connectivity index (χ3n) is 7.22. The lowest BCUT2D eigenvalue weighted by Gasteiger charge is -2.22. The van der Waals surface area contributed by atoms with E-state index in [4.69, 9.17) is 11.6 Å². The van der Waals surface area contributed by atoms with Gasteiger partial charge in [-0.3, -0.25) is 0 Å². The van der Waals surface area contributed by atoms with E-state index in [0.29, 0.717) is 0 Å². The Labute approximate surface area is 190 Å². The summed E-state index contributed by atoms with van der Waals surface area (Å²) in [6, 6.07) is 6.33. The Morgan fingerprint density at radius 3 is 2.07 bits per heavy atom. The Morgan fingerprint density at radius 2 is 1.43 bits per heavy atom. The fourth-order valence-corrected chi connectivity index (χ4v) is 5.52. The molecular formula is C28H44ClN. The monoisotopic (exact) mass is 429 g/mol. The van der Waals surface area contributed by atoms with E-state index in [1.807, 2.05) is 6.07 Å². The van der Waals surface area contributed by atoms with Gasteiger partial charge < -0.3 is 4.98 Å². The van der Waals surface area contributed by atoms with E-state index >= 15 is 0 Å². The summed E-state index contributed by atoms with van der Waals surface area (Å²) in [6.45, 7) is 2.30. The van der Waals surface area contributed by atoms with Crippen molar-refractivity contribution in [1.29, 1.82) is 0 Å². The second-order valence-electron chi connectivity index (χ2n) is 9.77. The van der Waals surface area contributed by atoms with Crippen LogP contribution in [0.25, 0.3) is 10.9 Å². The second-order valence-corrected chi connectivity index (χ2v) is 10.2. The molecule has 0 radical (unpaired) electrons. The van der Waals surface area contributed by atoms with Crippen LogP contribution in [0.3, 0.4) is 0 Å². The van der Waals surface area contributed by atoms with Gasteiger partial charge >= 0.3 is 0 Å². The van der Waals surface area contributed by atoms with Crippen molar-refractivity contribution < 1.29 is 0 Å². The quantitative estimate of drug-likeness (QED) is 0.271. The number of hydrogen-bond donors (Lipinski definition) is 1. The molecule has 2 aromatic rings. The summed E-state index contributed by atoms with van der Waals surface area (Å²) in [5.74, 6) is 0.879. The molecule has 168 valence electrons.